The molecule has 1 aliphatic heterocycles. The monoisotopic (exact) mass is 299 g/mol. The minimum absolute atomic E-state index is 0. The van der Waals surface area contributed by atoms with E-state index >= 15 is 0 Å². The average Bonchev–Trinajstić information content (AvgIpc) is 2.26. The summed E-state index contributed by atoms with van der Waals surface area (Å²) >= 11 is 0. The summed E-state index contributed by atoms with van der Waals surface area (Å²) in [4.78, 5) is 16.1. The highest BCUT2D eigenvalue weighted by molar-refractivity contribution is 5.85. The Morgan fingerprint density at radius 2 is 2.06 bits per heavy atom. The molecule has 0 saturated carbocycles. The van der Waals surface area contributed by atoms with Crippen LogP contribution in [0.15, 0.2) is 0 Å². The van der Waals surface area contributed by atoms with Gasteiger partial charge >= 0.3 is 0 Å². The van der Waals surface area contributed by atoms with Crippen LogP contribution in [0, 0.1) is 0 Å². The summed E-state index contributed by atoms with van der Waals surface area (Å²) in [7, 11) is 4.17. The van der Waals surface area contributed by atoms with E-state index in [1.807, 2.05) is 11.8 Å². The number of amides is 1. The molecule has 4 nitrogen and oxygen atoms in total. The van der Waals surface area contributed by atoms with E-state index in [1.165, 1.54) is 6.42 Å². The molecule has 2 atom stereocenters. The highest BCUT2D eigenvalue weighted by Gasteiger charge is 2.24. The number of nitrogens with zero attached hydrogens (tertiary/aromatic N) is 2. The molecule has 2 unspecified atom stereocenters. The lowest BCUT2D eigenvalue weighted by Crippen LogP contribution is -2.47. The second kappa shape index (κ2) is 9.84. The minimum Gasteiger partial charge on any atom is -0.341 e. The fourth-order valence-electron chi connectivity index (χ4n) is 2.11. The molecular weight excluding hydrogens is 273 g/mol. The zero-order chi connectivity index (χ0) is 12.1. The Morgan fingerprint density at radius 1 is 1.44 bits per heavy atom. The number of carbonyl (C=O) groups excluding carboxylic acids is 1. The number of halogens is 2. The van der Waals surface area contributed by atoms with E-state index in [9.17, 15) is 4.79 Å². The smallest absolute Gasteiger partial charge is 0.222 e. The number of hydrogen-bond donors (Lipinski definition) is 1. The van der Waals surface area contributed by atoms with E-state index in [1.54, 1.807) is 0 Å². The van der Waals surface area contributed by atoms with Gasteiger partial charge in [0.25, 0.3) is 0 Å². The first-order chi connectivity index (χ1) is 7.50. The zero-order valence-electron chi connectivity index (χ0n) is 11.6. The van der Waals surface area contributed by atoms with E-state index in [0.29, 0.717) is 12.5 Å². The summed E-state index contributed by atoms with van der Waals surface area (Å²) in [5, 5.41) is 0. The van der Waals surface area contributed by atoms with Crippen LogP contribution in [0.2, 0.25) is 0 Å². The molecule has 2 N–H and O–H groups in total. The maximum absolute atomic E-state index is 11.9. The predicted molar refractivity (Wildman–Crippen MR) is 80.7 cm³/mol. The third-order valence-electron chi connectivity index (χ3n) is 3.29. The van der Waals surface area contributed by atoms with Crippen LogP contribution in [0.25, 0.3) is 0 Å². The molecule has 0 bridgehead atoms. The number of nitrogens with two attached hydrogens (primary N) is 1. The fourth-order valence-corrected chi connectivity index (χ4v) is 2.11. The molecule has 0 aromatic rings. The Labute approximate surface area is 123 Å². The molecule has 6 heteroatoms. The number of hydrogen-bond acceptors (Lipinski definition) is 3. The van der Waals surface area contributed by atoms with Gasteiger partial charge in [0.2, 0.25) is 5.91 Å². The third-order valence-corrected chi connectivity index (χ3v) is 3.29. The van der Waals surface area contributed by atoms with Gasteiger partial charge in [-0.2, -0.15) is 0 Å². The van der Waals surface area contributed by atoms with Crippen molar-refractivity contribution >= 4 is 30.7 Å². The molecule has 1 rings (SSSR count). The second-order valence-electron chi connectivity index (χ2n) is 5.12. The van der Waals surface area contributed by atoms with Crippen molar-refractivity contribution in [2.75, 3.05) is 27.2 Å². The molecule has 1 saturated heterocycles. The van der Waals surface area contributed by atoms with Crippen molar-refractivity contribution in [3.05, 3.63) is 0 Å². The quantitative estimate of drug-likeness (QED) is 0.856. The van der Waals surface area contributed by atoms with Crippen molar-refractivity contribution in [1.82, 2.24) is 9.80 Å². The number of carbonyl (C=O) groups is 1. The van der Waals surface area contributed by atoms with Crippen LogP contribution in [-0.4, -0.2) is 55.0 Å². The molecule has 1 fully saturated rings. The normalized spacial score (nSPS) is 20.9. The van der Waals surface area contributed by atoms with Gasteiger partial charge in [-0.15, -0.1) is 24.8 Å². The molecule has 0 spiro atoms. The van der Waals surface area contributed by atoms with Crippen molar-refractivity contribution in [2.24, 2.45) is 5.73 Å². The summed E-state index contributed by atoms with van der Waals surface area (Å²) in [5.41, 5.74) is 5.67. The van der Waals surface area contributed by atoms with Gasteiger partial charge in [0.05, 0.1) is 0 Å². The van der Waals surface area contributed by atoms with Crippen molar-refractivity contribution in [3.63, 3.8) is 0 Å². The van der Waals surface area contributed by atoms with Gasteiger partial charge in [-0.25, -0.2) is 0 Å². The third kappa shape index (κ3) is 6.78. The van der Waals surface area contributed by atoms with E-state index in [2.05, 4.69) is 19.0 Å². The summed E-state index contributed by atoms with van der Waals surface area (Å²) in [6.07, 6.45) is 3.70. The lowest BCUT2D eigenvalue weighted by molar-refractivity contribution is -0.133. The summed E-state index contributed by atoms with van der Waals surface area (Å²) in [6, 6.07) is 0.645. The van der Waals surface area contributed by atoms with Gasteiger partial charge in [0.15, 0.2) is 0 Å². The average molecular weight is 300 g/mol. The van der Waals surface area contributed by atoms with Crippen molar-refractivity contribution < 1.29 is 4.79 Å². The Bertz CT molecular complexity index is 237. The first kappa shape index (κ1) is 20.3. The van der Waals surface area contributed by atoms with Crippen LogP contribution in [-0.2, 0) is 4.79 Å². The summed E-state index contributed by atoms with van der Waals surface area (Å²) in [6.45, 7) is 3.75. The lowest BCUT2D eigenvalue weighted by Gasteiger charge is -2.36. The first-order valence-electron chi connectivity index (χ1n) is 6.20. The Balaban J connectivity index is 0. The molecule has 1 heterocycles. The van der Waals surface area contributed by atoms with Gasteiger partial charge in [0, 0.05) is 31.6 Å². The molecule has 1 aliphatic rings. The topological polar surface area (TPSA) is 49.6 Å². The molecular formula is C12H27Cl2N3O. The van der Waals surface area contributed by atoms with Crippen LogP contribution in [0.3, 0.4) is 0 Å². The fraction of sp³-hybridized carbons (Fsp3) is 0.917. The molecule has 0 aliphatic carbocycles. The Kier molecular flexibility index (Phi) is 11.1. The minimum atomic E-state index is 0. The summed E-state index contributed by atoms with van der Waals surface area (Å²) in [5.74, 6) is 0.267. The molecule has 0 aromatic carbocycles. The van der Waals surface area contributed by atoms with E-state index in [0.717, 1.165) is 25.9 Å². The van der Waals surface area contributed by atoms with Gasteiger partial charge < -0.3 is 15.5 Å². The second-order valence-corrected chi connectivity index (χ2v) is 5.12. The molecule has 1 amide bonds. The molecule has 18 heavy (non-hydrogen) atoms. The molecule has 0 aromatic heterocycles. The number of piperidine rings is 1. The van der Waals surface area contributed by atoms with Crippen LogP contribution in [0.5, 0.6) is 0 Å². The van der Waals surface area contributed by atoms with Crippen molar-refractivity contribution in [1.29, 1.82) is 0 Å². The standard InChI is InChI=1S/C12H25N3O.2ClH/c1-10(13)6-7-12(16)15-8-4-5-11(9-15)14(2)3;;/h10-11H,4-9,13H2,1-3H3;2*1H. The maximum atomic E-state index is 11.9. The lowest BCUT2D eigenvalue weighted by atomic mass is 10.0. The van der Waals surface area contributed by atoms with Gasteiger partial charge in [0.1, 0.15) is 0 Å². The molecule has 110 valence electrons. The number of rotatable bonds is 4. The predicted octanol–water partition coefficient (Wildman–Crippen LogP) is 1.51. The van der Waals surface area contributed by atoms with Crippen LogP contribution in [0.4, 0.5) is 0 Å². The van der Waals surface area contributed by atoms with Crippen LogP contribution >= 0.6 is 24.8 Å². The highest BCUT2D eigenvalue weighted by Crippen LogP contribution is 2.15. The van der Waals surface area contributed by atoms with Gasteiger partial charge in [-0.05, 0) is 40.3 Å². The first-order valence-corrected chi connectivity index (χ1v) is 6.20. The largest absolute Gasteiger partial charge is 0.341 e. The Hall–Kier alpha value is -0.0300. The number of likely N-dealkylation sites (tertiary alicyclic amines) is 1. The number of likely N-dealkylation sites (N-methyl/N-ethyl adjacent to an activating group) is 1. The zero-order valence-corrected chi connectivity index (χ0v) is 13.2. The van der Waals surface area contributed by atoms with Gasteiger partial charge in [-0.3, -0.25) is 4.79 Å². The molecule has 0 radical (unpaired) electrons. The summed E-state index contributed by atoms with van der Waals surface area (Å²) < 4.78 is 0. The van der Waals surface area contributed by atoms with Crippen LogP contribution in [0.1, 0.15) is 32.6 Å². The van der Waals surface area contributed by atoms with E-state index in [-0.39, 0.29) is 36.8 Å². The Morgan fingerprint density at radius 3 is 2.56 bits per heavy atom. The van der Waals surface area contributed by atoms with Gasteiger partial charge in [-0.1, -0.05) is 0 Å². The van der Waals surface area contributed by atoms with Crippen molar-refractivity contribution in [3.8, 4) is 0 Å². The highest BCUT2D eigenvalue weighted by atomic mass is 35.5. The van der Waals surface area contributed by atoms with E-state index in [4.69, 9.17) is 5.73 Å². The van der Waals surface area contributed by atoms with E-state index < -0.39 is 0 Å². The maximum Gasteiger partial charge on any atom is 0.222 e. The van der Waals surface area contributed by atoms with Crippen LogP contribution < -0.4 is 5.73 Å². The SMILES string of the molecule is CC(N)CCC(=O)N1CCCC(N(C)C)C1.Cl.Cl. The van der Waals surface area contributed by atoms with Crippen molar-refractivity contribution in [2.45, 2.75) is 44.7 Å².